The molecular formula is C14H22N2O. The molecule has 0 amide bonds. The van der Waals surface area contributed by atoms with Crippen LogP contribution in [0.3, 0.4) is 0 Å². The highest BCUT2D eigenvalue weighted by Gasteiger charge is 2.30. The van der Waals surface area contributed by atoms with Crippen LogP contribution in [0.15, 0.2) is 18.2 Å². The number of nitrogens with two attached hydrogens (primary N) is 1. The first-order valence-corrected chi connectivity index (χ1v) is 6.30. The Balaban J connectivity index is 2.24. The van der Waals surface area contributed by atoms with Gasteiger partial charge in [-0.1, -0.05) is 19.9 Å². The molecule has 2 N–H and O–H groups in total. The summed E-state index contributed by atoms with van der Waals surface area (Å²) in [5.41, 5.74) is 8.44. The largest absolute Gasteiger partial charge is 0.492 e. The molecule has 2 rings (SSSR count). The van der Waals surface area contributed by atoms with E-state index in [0.717, 1.165) is 30.2 Å². The van der Waals surface area contributed by atoms with Gasteiger partial charge >= 0.3 is 0 Å². The molecule has 1 saturated heterocycles. The van der Waals surface area contributed by atoms with Gasteiger partial charge in [-0.15, -0.1) is 0 Å². The van der Waals surface area contributed by atoms with Gasteiger partial charge in [0.25, 0.3) is 0 Å². The lowest BCUT2D eigenvalue weighted by Gasteiger charge is -2.24. The number of hydrogen-bond acceptors (Lipinski definition) is 3. The SMILES string of the molecule is CCOc1cccc(N2CCC(C)(C)C2)c1N. The van der Waals surface area contributed by atoms with Gasteiger partial charge in [0.05, 0.1) is 18.0 Å². The molecule has 0 aromatic heterocycles. The van der Waals surface area contributed by atoms with E-state index in [2.05, 4.69) is 24.8 Å². The van der Waals surface area contributed by atoms with E-state index in [4.69, 9.17) is 10.5 Å². The van der Waals surface area contributed by atoms with Crippen LogP contribution in [0.25, 0.3) is 0 Å². The van der Waals surface area contributed by atoms with Crippen molar-refractivity contribution in [1.82, 2.24) is 0 Å². The smallest absolute Gasteiger partial charge is 0.144 e. The zero-order chi connectivity index (χ0) is 12.5. The Morgan fingerprint density at radius 2 is 2.18 bits per heavy atom. The zero-order valence-electron chi connectivity index (χ0n) is 11.0. The van der Waals surface area contributed by atoms with Crippen LogP contribution in [-0.2, 0) is 0 Å². The molecular weight excluding hydrogens is 212 g/mol. The minimum absolute atomic E-state index is 0.383. The molecule has 0 unspecified atom stereocenters. The average molecular weight is 234 g/mol. The van der Waals surface area contributed by atoms with Crippen molar-refractivity contribution in [1.29, 1.82) is 0 Å². The summed E-state index contributed by atoms with van der Waals surface area (Å²) in [5, 5.41) is 0. The Hall–Kier alpha value is -1.38. The third kappa shape index (κ3) is 2.48. The summed E-state index contributed by atoms with van der Waals surface area (Å²) in [7, 11) is 0. The molecule has 0 radical (unpaired) electrons. The van der Waals surface area contributed by atoms with Gasteiger partial charge in [0.15, 0.2) is 0 Å². The first kappa shape index (κ1) is 12.1. The van der Waals surface area contributed by atoms with Crippen molar-refractivity contribution in [2.75, 3.05) is 30.3 Å². The van der Waals surface area contributed by atoms with Crippen molar-refractivity contribution in [2.24, 2.45) is 5.41 Å². The molecule has 3 heteroatoms. The number of nitrogen functional groups attached to an aromatic ring is 1. The van der Waals surface area contributed by atoms with Gasteiger partial charge < -0.3 is 15.4 Å². The van der Waals surface area contributed by atoms with Crippen LogP contribution in [0.5, 0.6) is 5.75 Å². The van der Waals surface area contributed by atoms with Crippen LogP contribution in [-0.4, -0.2) is 19.7 Å². The topological polar surface area (TPSA) is 38.5 Å². The number of rotatable bonds is 3. The summed E-state index contributed by atoms with van der Waals surface area (Å²) < 4.78 is 5.54. The Morgan fingerprint density at radius 3 is 2.76 bits per heavy atom. The van der Waals surface area contributed by atoms with E-state index in [-0.39, 0.29) is 0 Å². The van der Waals surface area contributed by atoms with Crippen molar-refractivity contribution in [2.45, 2.75) is 27.2 Å². The van der Waals surface area contributed by atoms with Gasteiger partial charge in [-0.05, 0) is 30.9 Å². The van der Waals surface area contributed by atoms with Crippen molar-refractivity contribution < 1.29 is 4.74 Å². The van der Waals surface area contributed by atoms with Crippen molar-refractivity contribution in [3.63, 3.8) is 0 Å². The maximum atomic E-state index is 6.17. The molecule has 1 aliphatic rings. The molecule has 1 aromatic rings. The standard InChI is InChI=1S/C14H22N2O/c1-4-17-12-7-5-6-11(13(12)15)16-9-8-14(2,3)10-16/h5-7H,4,8-10,15H2,1-3H3. The van der Waals surface area contributed by atoms with Crippen LogP contribution in [0.1, 0.15) is 27.2 Å². The van der Waals surface area contributed by atoms with E-state index >= 15 is 0 Å². The number of nitrogens with zero attached hydrogens (tertiary/aromatic N) is 1. The highest BCUT2D eigenvalue weighted by molar-refractivity contribution is 5.74. The van der Waals surface area contributed by atoms with E-state index in [9.17, 15) is 0 Å². The van der Waals surface area contributed by atoms with E-state index in [1.54, 1.807) is 0 Å². The molecule has 1 heterocycles. The first-order chi connectivity index (χ1) is 8.03. The molecule has 3 nitrogen and oxygen atoms in total. The van der Waals surface area contributed by atoms with Crippen molar-refractivity contribution in [3.8, 4) is 5.75 Å². The molecule has 0 aliphatic carbocycles. The van der Waals surface area contributed by atoms with Gasteiger partial charge in [0.1, 0.15) is 5.75 Å². The highest BCUT2D eigenvalue weighted by atomic mass is 16.5. The maximum absolute atomic E-state index is 6.17. The zero-order valence-corrected chi connectivity index (χ0v) is 11.0. The van der Waals surface area contributed by atoms with Crippen LogP contribution in [0.4, 0.5) is 11.4 Å². The van der Waals surface area contributed by atoms with Crippen LogP contribution >= 0.6 is 0 Å². The minimum atomic E-state index is 0.383. The number of para-hydroxylation sites is 1. The van der Waals surface area contributed by atoms with Crippen LogP contribution in [0.2, 0.25) is 0 Å². The second-order valence-corrected chi connectivity index (χ2v) is 5.46. The molecule has 94 valence electrons. The number of benzene rings is 1. The van der Waals surface area contributed by atoms with E-state index in [1.807, 2.05) is 19.1 Å². The molecule has 0 saturated carbocycles. The first-order valence-electron chi connectivity index (χ1n) is 6.30. The second-order valence-electron chi connectivity index (χ2n) is 5.46. The van der Waals surface area contributed by atoms with E-state index in [0.29, 0.717) is 12.0 Å². The Bertz CT molecular complexity index is 401. The van der Waals surface area contributed by atoms with Crippen molar-refractivity contribution in [3.05, 3.63) is 18.2 Å². The second kappa shape index (κ2) is 4.47. The summed E-state index contributed by atoms with van der Waals surface area (Å²) >= 11 is 0. The van der Waals surface area contributed by atoms with E-state index < -0.39 is 0 Å². The lowest BCUT2D eigenvalue weighted by Crippen LogP contribution is -2.23. The van der Waals surface area contributed by atoms with Gasteiger partial charge in [-0.25, -0.2) is 0 Å². The van der Waals surface area contributed by atoms with E-state index in [1.165, 1.54) is 6.42 Å². The predicted molar refractivity (Wildman–Crippen MR) is 72.6 cm³/mol. The van der Waals surface area contributed by atoms with Gasteiger partial charge in [-0.3, -0.25) is 0 Å². The third-order valence-electron chi connectivity index (χ3n) is 3.36. The summed E-state index contributed by atoms with van der Waals surface area (Å²) in [6, 6.07) is 6.03. The van der Waals surface area contributed by atoms with Crippen LogP contribution < -0.4 is 15.4 Å². The number of ether oxygens (including phenoxy) is 1. The van der Waals surface area contributed by atoms with Gasteiger partial charge in [-0.2, -0.15) is 0 Å². The van der Waals surface area contributed by atoms with Crippen LogP contribution in [0, 0.1) is 5.41 Å². The lowest BCUT2D eigenvalue weighted by molar-refractivity contribution is 0.342. The number of hydrogen-bond donors (Lipinski definition) is 1. The molecule has 0 bridgehead atoms. The Labute approximate surface area is 104 Å². The molecule has 1 aliphatic heterocycles. The van der Waals surface area contributed by atoms with Gasteiger partial charge in [0.2, 0.25) is 0 Å². The fourth-order valence-corrected chi connectivity index (χ4v) is 2.41. The lowest BCUT2D eigenvalue weighted by atomic mass is 9.93. The predicted octanol–water partition coefficient (Wildman–Crippen LogP) is 2.90. The van der Waals surface area contributed by atoms with Crippen molar-refractivity contribution >= 4 is 11.4 Å². The maximum Gasteiger partial charge on any atom is 0.144 e. The fraction of sp³-hybridized carbons (Fsp3) is 0.571. The average Bonchev–Trinajstić information content (AvgIpc) is 2.62. The fourth-order valence-electron chi connectivity index (χ4n) is 2.41. The summed E-state index contributed by atoms with van der Waals surface area (Å²) in [6.07, 6.45) is 1.21. The number of anilines is 2. The monoisotopic (exact) mass is 234 g/mol. The highest BCUT2D eigenvalue weighted by Crippen LogP contribution is 2.38. The summed E-state index contributed by atoms with van der Waals surface area (Å²) in [6.45, 7) is 9.37. The Morgan fingerprint density at radius 1 is 1.41 bits per heavy atom. The molecule has 17 heavy (non-hydrogen) atoms. The van der Waals surface area contributed by atoms with Gasteiger partial charge in [0, 0.05) is 13.1 Å². The quantitative estimate of drug-likeness (QED) is 0.817. The summed E-state index contributed by atoms with van der Waals surface area (Å²) in [4.78, 5) is 2.36. The molecule has 0 atom stereocenters. The third-order valence-corrected chi connectivity index (χ3v) is 3.36. The molecule has 0 spiro atoms. The minimum Gasteiger partial charge on any atom is -0.492 e. The molecule has 1 aromatic carbocycles. The normalized spacial score (nSPS) is 18.4. The summed E-state index contributed by atoms with van der Waals surface area (Å²) in [5.74, 6) is 0.801. The Kier molecular flexibility index (Phi) is 3.18. The molecule has 1 fully saturated rings.